The molecule has 0 radical (unpaired) electrons. The molecule has 1 aliphatic rings. The Hall–Kier alpha value is -3.50. The molecule has 210 valence electrons. The number of carbonyl (C=O) groups is 4. The minimum atomic E-state index is -1.18. The van der Waals surface area contributed by atoms with Crippen LogP contribution in [0.2, 0.25) is 0 Å². The van der Waals surface area contributed by atoms with Crippen molar-refractivity contribution in [1.29, 1.82) is 0 Å². The summed E-state index contributed by atoms with van der Waals surface area (Å²) in [6.45, 7) is 4.72. The number of nitrogens with zero attached hydrogens (tertiary/aromatic N) is 2. The van der Waals surface area contributed by atoms with Crippen molar-refractivity contribution >= 4 is 29.5 Å². The van der Waals surface area contributed by atoms with Crippen molar-refractivity contribution in [3.05, 3.63) is 35.9 Å². The van der Waals surface area contributed by atoms with Crippen LogP contribution in [-0.2, 0) is 25.7 Å². The fourth-order valence-corrected chi connectivity index (χ4v) is 4.66. The summed E-state index contributed by atoms with van der Waals surface area (Å²) in [5.74, 6) is -2.56. The van der Waals surface area contributed by atoms with Gasteiger partial charge in [-0.25, -0.2) is 9.18 Å². The molecule has 0 aliphatic carbocycles. The number of alkyl carbamates (subject to hydrolysis) is 1. The van der Waals surface area contributed by atoms with Gasteiger partial charge in [-0.3, -0.25) is 19.4 Å². The number of aliphatic imine (C=N–C) groups is 1. The number of alkyl halides is 1. The molecule has 0 aromatic heterocycles. The van der Waals surface area contributed by atoms with E-state index in [-0.39, 0.29) is 43.7 Å². The lowest BCUT2D eigenvalue weighted by molar-refractivity contribution is -0.146. The molecule has 1 aromatic rings. The summed E-state index contributed by atoms with van der Waals surface area (Å²) in [5, 5.41) is 2.65. The summed E-state index contributed by atoms with van der Waals surface area (Å²) in [4.78, 5) is 57.2. The van der Waals surface area contributed by atoms with Gasteiger partial charge in [-0.05, 0) is 44.1 Å². The topological polar surface area (TPSA) is 157 Å². The van der Waals surface area contributed by atoms with Crippen molar-refractivity contribution in [3.63, 3.8) is 0 Å². The highest BCUT2D eigenvalue weighted by molar-refractivity contribution is 5.97. The second kappa shape index (κ2) is 14.4. The van der Waals surface area contributed by atoms with E-state index < -0.39 is 42.0 Å². The number of likely N-dealkylation sites (tertiary alicyclic amines) is 1. The summed E-state index contributed by atoms with van der Waals surface area (Å²) >= 11 is 0. The normalized spacial score (nSPS) is 18.5. The average molecular weight is 534 g/mol. The van der Waals surface area contributed by atoms with Gasteiger partial charge in [-0.2, -0.15) is 0 Å². The predicted molar refractivity (Wildman–Crippen MR) is 142 cm³/mol. The van der Waals surface area contributed by atoms with E-state index in [1.807, 2.05) is 30.3 Å². The number of benzene rings is 1. The maximum Gasteiger partial charge on any atom is 0.408 e. The van der Waals surface area contributed by atoms with Crippen LogP contribution in [0.3, 0.4) is 0 Å². The van der Waals surface area contributed by atoms with Gasteiger partial charge >= 0.3 is 6.09 Å². The lowest BCUT2D eigenvalue weighted by atomic mass is 9.83. The molecular formula is C27H40FN5O5. The number of halogens is 1. The van der Waals surface area contributed by atoms with Crippen LogP contribution < -0.4 is 16.8 Å². The maximum absolute atomic E-state index is 13.6. The number of hydrogen-bond donors (Lipinski definition) is 3. The third-order valence-corrected chi connectivity index (χ3v) is 6.95. The predicted octanol–water partition coefficient (Wildman–Crippen LogP) is 2.49. The van der Waals surface area contributed by atoms with Crippen molar-refractivity contribution in [1.82, 2.24) is 10.2 Å². The first-order valence-corrected chi connectivity index (χ1v) is 13.0. The molecule has 1 aliphatic heterocycles. The van der Waals surface area contributed by atoms with Crippen LogP contribution in [0.1, 0.15) is 58.4 Å². The Balaban J connectivity index is 2.09. The zero-order valence-corrected chi connectivity index (χ0v) is 22.5. The molecule has 2 amide bonds. The van der Waals surface area contributed by atoms with Gasteiger partial charge < -0.3 is 26.4 Å². The van der Waals surface area contributed by atoms with E-state index in [9.17, 15) is 23.6 Å². The number of rotatable bonds is 14. The SMILES string of the molecule is CC(C)[C@H](NC(=O)OCc1ccccc1)C(=O)N1CCC[C@@]1(C)C(=O)C[C@@H](CCCN=C(N)N)C(=O)CF. The van der Waals surface area contributed by atoms with Crippen LogP contribution in [0.15, 0.2) is 35.3 Å². The van der Waals surface area contributed by atoms with Gasteiger partial charge in [0, 0.05) is 25.4 Å². The van der Waals surface area contributed by atoms with Crippen LogP contribution >= 0.6 is 0 Å². The highest BCUT2D eigenvalue weighted by atomic mass is 19.1. The van der Waals surface area contributed by atoms with Gasteiger partial charge in [0.25, 0.3) is 0 Å². The summed E-state index contributed by atoms with van der Waals surface area (Å²) in [5.41, 5.74) is 10.3. The zero-order chi connectivity index (χ0) is 28.3. The van der Waals surface area contributed by atoms with E-state index >= 15 is 0 Å². The fourth-order valence-electron chi connectivity index (χ4n) is 4.66. The average Bonchev–Trinajstić information content (AvgIpc) is 3.29. The van der Waals surface area contributed by atoms with Crippen LogP contribution in [0, 0.1) is 11.8 Å². The second-order valence-corrected chi connectivity index (χ2v) is 10.2. The molecule has 3 atom stereocenters. The number of amides is 2. The molecule has 1 saturated heterocycles. The number of hydrogen-bond acceptors (Lipinski definition) is 6. The van der Waals surface area contributed by atoms with E-state index in [1.165, 1.54) is 4.90 Å². The fraction of sp³-hybridized carbons (Fsp3) is 0.593. The number of nitrogens with one attached hydrogen (secondary N) is 1. The molecule has 10 nitrogen and oxygen atoms in total. The van der Waals surface area contributed by atoms with E-state index in [4.69, 9.17) is 16.2 Å². The molecule has 0 saturated carbocycles. The van der Waals surface area contributed by atoms with Crippen molar-refractivity contribution in [2.45, 2.75) is 71.1 Å². The molecule has 0 spiro atoms. The molecule has 11 heteroatoms. The van der Waals surface area contributed by atoms with Crippen LogP contribution in [-0.4, -0.2) is 65.8 Å². The molecule has 0 unspecified atom stereocenters. The first-order valence-electron chi connectivity index (χ1n) is 13.0. The second-order valence-electron chi connectivity index (χ2n) is 10.2. The molecule has 1 heterocycles. The highest BCUT2D eigenvalue weighted by Crippen LogP contribution is 2.34. The number of nitrogens with two attached hydrogens (primary N) is 2. The first kappa shape index (κ1) is 30.7. The number of ketones is 2. The van der Waals surface area contributed by atoms with Crippen LogP contribution in [0.4, 0.5) is 9.18 Å². The van der Waals surface area contributed by atoms with Gasteiger partial charge in [0.2, 0.25) is 5.91 Å². The zero-order valence-electron chi connectivity index (χ0n) is 22.5. The standard InChI is InChI=1S/C27H40FN5O5/c1-18(2)23(32-26(37)38-17-19-9-5-4-6-10-19)24(36)33-14-8-12-27(33,3)22(35)15-20(21(34)16-28)11-7-13-31-25(29)30/h4-6,9-10,18,20,23H,7-8,11-17H2,1-3H3,(H,32,37)(H4,29,30,31)/t20-,23+,27+/m1/s1. The maximum atomic E-state index is 13.6. The quantitative estimate of drug-likeness (QED) is 0.188. The Bertz CT molecular complexity index is 999. The molecule has 5 N–H and O–H groups in total. The lowest BCUT2D eigenvalue weighted by Crippen LogP contribution is -2.58. The van der Waals surface area contributed by atoms with E-state index in [2.05, 4.69) is 10.3 Å². The van der Waals surface area contributed by atoms with Crippen molar-refractivity contribution in [2.75, 3.05) is 19.8 Å². The smallest absolute Gasteiger partial charge is 0.408 e. The van der Waals surface area contributed by atoms with Crippen LogP contribution in [0.25, 0.3) is 0 Å². The van der Waals surface area contributed by atoms with Gasteiger partial charge in [-0.15, -0.1) is 0 Å². The third kappa shape index (κ3) is 8.53. The summed E-state index contributed by atoms with van der Waals surface area (Å²) in [6, 6.07) is 8.25. The monoisotopic (exact) mass is 533 g/mol. The Morgan fingerprint density at radius 1 is 1.18 bits per heavy atom. The Kier molecular flexibility index (Phi) is 11.7. The summed E-state index contributed by atoms with van der Waals surface area (Å²) in [7, 11) is 0. The minimum Gasteiger partial charge on any atom is -0.445 e. The van der Waals surface area contributed by atoms with Crippen molar-refractivity contribution in [3.8, 4) is 0 Å². The Morgan fingerprint density at radius 2 is 1.87 bits per heavy atom. The largest absolute Gasteiger partial charge is 0.445 e. The Morgan fingerprint density at radius 3 is 2.47 bits per heavy atom. The molecule has 1 aromatic carbocycles. The van der Waals surface area contributed by atoms with Gasteiger partial charge in [0.05, 0.1) is 5.54 Å². The van der Waals surface area contributed by atoms with E-state index in [0.717, 1.165) is 5.56 Å². The summed E-state index contributed by atoms with van der Waals surface area (Å²) in [6.07, 6.45) is 0.727. The van der Waals surface area contributed by atoms with Crippen LogP contribution in [0.5, 0.6) is 0 Å². The van der Waals surface area contributed by atoms with Crippen molar-refractivity contribution in [2.24, 2.45) is 28.3 Å². The number of guanidine groups is 1. The Labute approximate surface area is 223 Å². The minimum absolute atomic E-state index is 0.0543. The van der Waals surface area contributed by atoms with Gasteiger partial charge in [0.1, 0.15) is 19.3 Å². The number of ether oxygens (including phenoxy) is 1. The molecule has 38 heavy (non-hydrogen) atoms. The molecule has 1 fully saturated rings. The molecule has 2 rings (SSSR count). The van der Waals surface area contributed by atoms with Crippen molar-refractivity contribution < 1.29 is 28.3 Å². The highest BCUT2D eigenvalue weighted by Gasteiger charge is 2.48. The van der Waals surface area contributed by atoms with E-state index in [1.54, 1.807) is 20.8 Å². The first-order chi connectivity index (χ1) is 18.0. The molecular weight excluding hydrogens is 493 g/mol. The van der Waals surface area contributed by atoms with Gasteiger partial charge in [0.15, 0.2) is 17.5 Å². The van der Waals surface area contributed by atoms with Gasteiger partial charge in [-0.1, -0.05) is 44.2 Å². The lowest BCUT2D eigenvalue weighted by Gasteiger charge is -2.37. The third-order valence-electron chi connectivity index (χ3n) is 6.95. The molecule has 0 bridgehead atoms. The summed E-state index contributed by atoms with van der Waals surface area (Å²) < 4.78 is 18.5. The number of carbonyl (C=O) groups excluding carboxylic acids is 4. The number of Topliss-reactive ketones (excluding diaryl/α,β-unsaturated/α-hetero) is 2. The van der Waals surface area contributed by atoms with E-state index in [0.29, 0.717) is 25.8 Å².